The molecule has 3 rings (SSSR count). The van der Waals surface area contributed by atoms with Crippen LogP contribution in [0.3, 0.4) is 0 Å². The normalized spacial score (nSPS) is 15.9. The number of aliphatic carboxylic acids is 1. The maximum atomic E-state index is 13.3. The fourth-order valence-electron chi connectivity index (χ4n) is 4.57. The molecule has 1 saturated carbocycles. The van der Waals surface area contributed by atoms with Gasteiger partial charge in [0, 0.05) is 30.8 Å². The third kappa shape index (κ3) is 10.2. The van der Waals surface area contributed by atoms with Crippen LogP contribution in [-0.2, 0) is 31.8 Å². The van der Waals surface area contributed by atoms with Gasteiger partial charge < -0.3 is 20.3 Å². The van der Waals surface area contributed by atoms with E-state index in [-0.39, 0.29) is 25.0 Å². The van der Waals surface area contributed by atoms with Crippen LogP contribution in [0.25, 0.3) is 0 Å². The van der Waals surface area contributed by atoms with E-state index >= 15 is 0 Å². The molecule has 0 saturated heterocycles. The highest BCUT2D eigenvalue weighted by Gasteiger charge is 2.26. The third-order valence-electron chi connectivity index (χ3n) is 6.33. The summed E-state index contributed by atoms with van der Waals surface area (Å²) in [6.45, 7) is 1.29. The first-order valence-electron chi connectivity index (χ1n) is 12.6. The molecule has 2 amide bonds. The van der Waals surface area contributed by atoms with Gasteiger partial charge in [0.1, 0.15) is 16.8 Å². The Morgan fingerprint density at radius 2 is 1.82 bits per heavy atom. The Labute approximate surface area is 225 Å². The maximum Gasteiger partial charge on any atom is 0.524 e. The third-order valence-corrected chi connectivity index (χ3v) is 7.91. The van der Waals surface area contributed by atoms with Gasteiger partial charge in [-0.15, -0.1) is 11.3 Å². The number of benzene rings is 1. The number of aromatic nitrogens is 1. The summed E-state index contributed by atoms with van der Waals surface area (Å²) in [5.74, 6) is -1.32. The Bertz CT molecular complexity index is 1140. The van der Waals surface area contributed by atoms with Gasteiger partial charge in [-0.25, -0.2) is 9.55 Å². The molecule has 1 heterocycles. The number of carboxylic acids is 1. The van der Waals surface area contributed by atoms with Crippen molar-refractivity contribution in [1.29, 1.82) is 0 Å². The molecule has 1 aliphatic carbocycles. The molecule has 1 aliphatic rings. The number of amides is 2. The van der Waals surface area contributed by atoms with Crippen molar-refractivity contribution in [2.45, 2.75) is 76.8 Å². The molecule has 2 atom stereocenters. The first-order chi connectivity index (χ1) is 18.0. The number of hydrogen-bond donors (Lipinski definition) is 5. The highest BCUT2D eigenvalue weighted by molar-refractivity contribution is 7.46. The molecule has 0 bridgehead atoms. The molecule has 13 heteroatoms. The highest BCUT2D eigenvalue weighted by Crippen LogP contribution is 2.37. The summed E-state index contributed by atoms with van der Waals surface area (Å²) in [5, 5.41) is 15.4. The van der Waals surface area contributed by atoms with Crippen LogP contribution in [0.5, 0.6) is 5.75 Å². The number of nitrogens with zero attached hydrogens (tertiary/aromatic N) is 1. The zero-order valence-corrected chi connectivity index (χ0v) is 22.9. The molecular weight excluding hydrogens is 533 g/mol. The monoisotopic (exact) mass is 567 g/mol. The molecule has 0 aliphatic heterocycles. The van der Waals surface area contributed by atoms with Gasteiger partial charge in [-0.1, -0.05) is 44.2 Å². The number of phosphoric ester groups is 1. The second-order valence-electron chi connectivity index (χ2n) is 9.55. The number of carbonyl (C=O) groups is 3. The van der Waals surface area contributed by atoms with Crippen molar-refractivity contribution in [3.63, 3.8) is 0 Å². The molecule has 0 radical (unpaired) electrons. The van der Waals surface area contributed by atoms with E-state index in [1.807, 2.05) is 0 Å². The molecular formula is C25H34N3O8PS. The van der Waals surface area contributed by atoms with Crippen molar-refractivity contribution >= 4 is 36.9 Å². The Balaban J connectivity index is 1.71. The lowest BCUT2D eigenvalue weighted by Crippen LogP contribution is -2.48. The largest absolute Gasteiger partial charge is 0.524 e. The van der Waals surface area contributed by atoms with Crippen LogP contribution < -0.4 is 15.2 Å². The quantitative estimate of drug-likeness (QED) is 0.227. The maximum absolute atomic E-state index is 13.3. The summed E-state index contributed by atoms with van der Waals surface area (Å²) in [6, 6.07) is 4.20. The zero-order chi connectivity index (χ0) is 27.7. The van der Waals surface area contributed by atoms with E-state index in [1.54, 1.807) is 6.20 Å². The average molecular weight is 568 g/mol. The van der Waals surface area contributed by atoms with Crippen LogP contribution in [0.15, 0.2) is 30.5 Å². The van der Waals surface area contributed by atoms with E-state index in [1.165, 1.54) is 74.6 Å². The van der Waals surface area contributed by atoms with Gasteiger partial charge in [-0.2, -0.15) is 0 Å². The van der Waals surface area contributed by atoms with Crippen molar-refractivity contribution in [1.82, 2.24) is 15.6 Å². The van der Waals surface area contributed by atoms with Gasteiger partial charge in [0.2, 0.25) is 11.8 Å². The molecule has 208 valence electrons. The van der Waals surface area contributed by atoms with Gasteiger partial charge in [-0.05, 0) is 36.5 Å². The first kappa shape index (κ1) is 29.8. The van der Waals surface area contributed by atoms with E-state index in [2.05, 4.69) is 20.1 Å². The number of carbonyl (C=O) groups excluding carboxylic acids is 2. The van der Waals surface area contributed by atoms with E-state index < -0.39 is 37.7 Å². The first-order valence-corrected chi connectivity index (χ1v) is 14.9. The Morgan fingerprint density at radius 3 is 2.42 bits per heavy atom. The smallest absolute Gasteiger partial charge is 0.481 e. The predicted molar refractivity (Wildman–Crippen MR) is 141 cm³/mol. The lowest BCUT2D eigenvalue weighted by molar-refractivity contribution is -0.137. The van der Waals surface area contributed by atoms with Crippen LogP contribution >= 0.6 is 19.2 Å². The predicted octanol–water partition coefficient (Wildman–Crippen LogP) is 3.51. The minimum atomic E-state index is -4.70. The highest BCUT2D eigenvalue weighted by atomic mass is 32.1. The fraction of sp³-hybridized carbons (Fsp3) is 0.520. The van der Waals surface area contributed by atoms with E-state index in [4.69, 9.17) is 9.79 Å². The fourth-order valence-corrected chi connectivity index (χ4v) is 6.08. The van der Waals surface area contributed by atoms with Gasteiger partial charge in [0.25, 0.3) is 0 Å². The Kier molecular flexibility index (Phi) is 10.8. The SMILES string of the molecule is CC(=O)N[C@@H](Cc1ccc(OP(=O)(O)O)cc1)C(=O)N[C@@H](CCC(=O)O)c1ncc(CC2CCCCC2)s1. The van der Waals surface area contributed by atoms with Gasteiger partial charge in [-0.3, -0.25) is 24.2 Å². The van der Waals surface area contributed by atoms with Gasteiger partial charge >= 0.3 is 13.8 Å². The molecule has 1 fully saturated rings. The molecule has 38 heavy (non-hydrogen) atoms. The molecule has 11 nitrogen and oxygen atoms in total. The molecule has 1 aromatic heterocycles. The summed E-state index contributed by atoms with van der Waals surface area (Å²) in [4.78, 5) is 59.9. The Morgan fingerprint density at radius 1 is 1.13 bits per heavy atom. The average Bonchev–Trinajstić information content (AvgIpc) is 3.30. The zero-order valence-electron chi connectivity index (χ0n) is 21.2. The Hall–Kier alpha value is -2.79. The summed E-state index contributed by atoms with van der Waals surface area (Å²) >= 11 is 1.48. The van der Waals surface area contributed by atoms with Crippen molar-refractivity contribution < 1.29 is 38.4 Å². The number of carboxylic acid groups (broad SMARTS) is 1. The van der Waals surface area contributed by atoms with Crippen molar-refractivity contribution in [2.24, 2.45) is 5.92 Å². The number of nitrogens with one attached hydrogen (secondary N) is 2. The van der Waals surface area contributed by atoms with Crippen molar-refractivity contribution in [3.05, 3.63) is 45.9 Å². The van der Waals surface area contributed by atoms with Gasteiger partial charge in [0.05, 0.1) is 6.04 Å². The van der Waals surface area contributed by atoms with Crippen LogP contribution in [0.2, 0.25) is 0 Å². The van der Waals surface area contributed by atoms with Gasteiger partial charge in [0.15, 0.2) is 0 Å². The summed E-state index contributed by atoms with van der Waals surface area (Å²) < 4.78 is 15.6. The number of hydrogen-bond acceptors (Lipinski definition) is 7. The second-order valence-corrected chi connectivity index (χ2v) is 11.9. The molecule has 0 spiro atoms. The van der Waals surface area contributed by atoms with E-state index in [9.17, 15) is 24.1 Å². The lowest BCUT2D eigenvalue weighted by Gasteiger charge is -2.22. The second kappa shape index (κ2) is 13.8. The number of phosphoric acid groups is 1. The summed E-state index contributed by atoms with van der Waals surface area (Å²) in [6.07, 6.45) is 8.94. The van der Waals surface area contributed by atoms with Crippen LogP contribution in [-0.4, -0.2) is 43.7 Å². The molecule has 5 N–H and O–H groups in total. The van der Waals surface area contributed by atoms with Crippen LogP contribution in [0.4, 0.5) is 0 Å². The summed E-state index contributed by atoms with van der Waals surface area (Å²) in [7, 11) is -4.70. The number of rotatable bonds is 13. The molecule has 0 unspecified atom stereocenters. The van der Waals surface area contributed by atoms with Crippen molar-refractivity contribution in [3.8, 4) is 5.75 Å². The minimum Gasteiger partial charge on any atom is -0.481 e. The van der Waals surface area contributed by atoms with E-state index in [0.717, 1.165) is 11.3 Å². The van der Waals surface area contributed by atoms with Crippen molar-refractivity contribution in [2.75, 3.05) is 0 Å². The lowest BCUT2D eigenvalue weighted by atomic mass is 9.87. The topological polar surface area (TPSA) is 175 Å². The minimum absolute atomic E-state index is 0.0378. The molecule has 2 aromatic rings. The van der Waals surface area contributed by atoms with Crippen LogP contribution in [0, 0.1) is 5.92 Å². The summed E-state index contributed by atoms with van der Waals surface area (Å²) in [5.41, 5.74) is 0.614. The standard InChI is InChI=1S/C25H34N3O8PS/c1-16(29)27-22(14-18-7-9-19(10-8-18)36-37(33,34)35)24(32)28-21(11-12-23(30)31)25-26-15-20(38-25)13-17-5-3-2-4-6-17/h7-10,15,17,21-22H,2-6,11-14H2,1H3,(H,27,29)(H,28,32)(H,30,31)(H2,33,34,35)/t21-,22-/m0/s1. The van der Waals surface area contributed by atoms with E-state index in [0.29, 0.717) is 16.5 Å². The molecule has 1 aromatic carbocycles. The number of thiazole rings is 1. The van der Waals surface area contributed by atoms with Crippen LogP contribution in [0.1, 0.15) is 73.4 Å².